The summed E-state index contributed by atoms with van der Waals surface area (Å²) in [6, 6.07) is 6.44. The van der Waals surface area contributed by atoms with Crippen LogP contribution in [0.5, 0.6) is 5.75 Å². The molecule has 6 nitrogen and oxygen atoms in total. The highest BCUT2D eigenvalue weighted by atomic mass is 16.5. The average Bonchev–Trinajstić information content (AvgIpc) is 2.49. The molecule has 6 heteroatoms. The number of esters is 1. The third-order valence-electron chi connectivity index (χ3n) is 3.87. The number of rotatable bonds is 5. The Kier molecular flexibility index (Phi) is 5.74. The van der Waals surface area contributed by atoms with Crippen molar-refractivity contribution in [1.82, 2.24) is 5.32 Å². The number of phenols is 1. The molecule has 0 saturated heterocycles. The van der Waals surface area contributed by atoms with Crippen molar-refractivity contribution in [2.45, 2.75) is 46.3 Å². The van der Waals surface area contributed by atoms with E-state index in [1.165, 1.54) is 19.1 Å². The van der Waals surface area contributed by atoms with Gasteiger partial charge in [-0.15, -0.1) is 0 Å². The fourth-order valence-electron chi connectivity index (χ4n) is 1.68. The van der Waals surface area contributed by atoms with E-state index in [0.717, 1.165) is 0 Å². The van der Waals surface area contributed by atoms with Gasteiger partial charge in [0.05, 0.1) is 11.6 Å². The number of phenolic OH excluding ortho intramolecular Hbond substituents is 1. The molecule has 0 fully saturated rings. The molecule has 0 aliphatic heterocycles. The molecule has 0 aliphatic carbocycles. The van der Waals surface area contributed by atoms with Gasteiger partial charge >= 0.3 is 5.97 Å². The lowest BCUT2D eigenvalue weighted by Gasteiger charge is -2.28. The Labute approximate surface area is 136 Å². The summed E-state index contributed by atoms with van der Waals surface area (Å²) in [6.45, 7) is 8.38. The summed E-state index contributed by atoms with van der Waals surface area (Å²) in [5.74, 6) is -1.39. The second-order valence-electron chi connectivity index (χ2n) is 6.01. The number of aromatic hydroxyl groups is 1. The zero-order valence-corrected chi connectivity index (χ0v) is 14.0. The number of nitrogens with zero attached hydrogens (tertiary/aromatic N) is 1. The van der Waals surface area contributed by atoms with Crippen molar-refractivity contribution in [3.63, 3.8) is 0 Å². The van der Waals surface area contributed by atoms with Crippen LogP contribution in [0.3, 0.4) is 0 Å². The predicted octanol–water partition coefficient (Wildman–Crippen LogP) is 2.30. The van der Waals surface area contributed by atoms with Crippen LogP contribution in [0, 0.1) is 24.2 Å². The molecule has 0 spiro atoms. The maximum Gasteiger partial charge on any atom is 0.339 e. The molecule has 0 radical (unpaired) electrons. The normalized spacial score (nSPS) is 14.5. The van der Waals surface area contributed by atoms with E-state index in [1.54, 1.807) is 19.9 Å². The molecular formula is C17H22N2O4. The minimum Gasteiger partial charge on any atom is -0.508 e. The Balaban J connectivity index is 2.77. The van der Waals surface area contributed by atoms with Gasteiger partial charge in [0.2, 0.25) is 0 Å². The van der Waals surface area contributed by atoms with Crippen LogP contribution in [0.4, 0.5) is 0 Å². The quantitative estimate of drug-likeness (QED) is 0.812. The lowest BCUT2D eigenvalue weighted by molar-refractivity contribution is -0.130. The summed E-state index contributed by atoms with van der Waals surface area (Å²) in [6.07, 6.45) is -1.06. The number of carbonyl (C=O) groups is 2. The van der Waals surface area contributed by atoms with Crippen molar-refractivity contribution in [2.24, 2.45) is 5.92 Å². The predicted molar refractivity (Wildman–Crippen MR) is 84.7 cm³/mol. The summed E-state index contributed by atoms with van der Waals surface area (Å²) in [4.78, 5) is 24.1. The fraction of sp³-hybridized carbons (Fsp3) is 0.471. The van der Waals surface area contributed by atoms with Gasteiger partial charge in [0.1, 0.15) is 11.3 Å². The maximum atomic E-state index is 12.1. The Morgan fingerprint density at radius 2 is 1.96 bits per heavy atom. The molecule has 1 rings (SSSR count). The van der Waals surface area contributed by atoms with Gasteiger partial charge < -0.3 is 15.2 Å². The largest absolute Gasteiger partial charge is 0.508 e. The van der Waals surface area contributed by atoms with E-state index in [-0.39, 0.29) is 17.2 Å². The highest BCUT2D eigenvalue weighted by Crippen LogP contribution is 2.19. The molecule has 0 saturated carbocycles. The molecule has 0 heterocycles. The number of aryl methyl sites for hydroxylation is 1. The summed E-state index contributed by atoms with van der Waals surface area (Å²) >= 11 is 0. The first-order chi connectivity index (χ1) is 10.6. The van der Waals surface area contributed by atoms with Gasteiger partial charge in [-0.05, 0) is 44.4 Å². The lowest BCUT2D eigenvalue weighted by Crippen LogP contribution is -2.52. The third kappa shape index (κ3) is 4.46. The van der Waals surface area contributed by atoms with E-state index in [4.69, 9.17) is 4.74 Å². The number of nitrogens with one attached hydrogen (secondary N) is 1. The van der Waals surface area contributed by atoms with Gasteiger partial charge in [-0.25, -0.2) is 4.79 Å². The molecule has 23 heavy (non-hydrogen) atoms. The number of benzene rings is 1. The van der Waals surface area contributed by atoms with Gasteiger partial charge in [0.25, 0.3) is 5.91 Å². The Morgan fingerprint density at radius 1 is 1.35 bits per heavy atom. The van der Waals surface area contributed by atoms with Crippen LogP contribution >= 0.6 is 0 Å². The van der Waals surface area contributed by atoms with E-state index < -0.39 is 23.5 Å². The fourth-order valence-corrected chi connectivity index (χ4v) is 1.68. The third-order valence-corrected chi connectivity index (χ3v) is 3.87. The standard InChI is InChI=1S/C17H22N2O4/c1-10(2)17(5,9-18)19-15(21)12(4)23-16(22)13-7-6-11(3)14(20)8-13/h6-8,10,12,20H,1-5H3,(H,19,21). The molecule has 2 unspecified atom stereocenters. The molecule has 2 N–H and O–H groups in total. The molecule has 0 aromatic heterocycles. The number of carbonyl (C=O) groups excluding carboxylic acids is 2. The van der Waals surface area contributed by atoms with Crippen molar-refractivity contribution in [3.05, 3.63) is 29.3 Å². The van der Waals surface area contributed by atoms with Crippen molar-refractivity contribution >= 4 is 11.9 Å². The number of nitriles is 1. The van der Waals surface area contributed by atoms with E-state index in [9.17, 15) is 20.0 Å². The van der Waals surface area contributed by atoms with Crippen LogP contribution < -0.4 is 5.32 Å². The Hall–Kier alpha value is -2.55. The molecule has 2 atom stereocenters. The van der Waals surface area contributed by atoms with Crippen molar-refractivity contribution in [2.75, 3.05) is 0 Å². The van der Waals surface area contributed by atoms with Gasteiger partial charge in [-0.2, -0.15) is 5.26 Å². The van der Waals surface area contributed by atoms with Crippen molar-refractivity contribution < 1.29 is 19.4 Å². The van der Waals surface area contributed by atoms with Crippen LogP contribution in [0.2, 0.25) is 0 Å². The van der Waals surface area contributed by atoms with Gasteiger partial charge in [-0.3, -0.25) is 4.79 Å². The van der Waals surface area contributed by atoms with E-state index in [1.807, 2.05) is 13.8 Å². The molecule has 1 amide bonds. The topological polar surface area (TPSA) is 99.4 Å². The first kappa shape index (κ1) is 18.5. The second-order valence-corrected chi connectivity index (χ2v) is 6.01. The molecule has 124 valence electrons. The van der Waals surface area contributed by atoms with Crippen LogP contribution in [0.25, 0.3) is 0 Å². The van der Waals surface area contributed by atoms with E-state index in [2.05, 4.69) is 11.4 Å². The number of hydrogen-bond donors (Lipinski definition) is 2. The molecule has 1 aromatic carbocycles. The summed E-state index contributed by atoms with van der Waals surface area (Å²) in [5, 5.41) is 21.4. The van der Waals surface area contributed by atoms with E-state index in [0.29, 0.717) is 5.56 Å². The van der Waals surface area contributed by atoms with Gasteiger partial charge in [0, 0.05) is 0 Å². The first-order valence-electron chi connectivity index (χ1n) is 7.34. The van der Waals surface area contributed by atoms with Crippen molar-refractivity contribution in [3.8, 4) is 11.8 Å². The highest BCUT2D eigenvalue weighted by molar-refractivity contribution is 5.92. The molecular weight excluding hydrogens is 296 g/mol. The van der Waals surface area contributed by atoms with E-state index >= 15 is 0 Å². The van der Waals surface area contributed by atoms with Crippen LogP contribution in [-0.4, -0.2) is 28.6 Å². The molecule has 0 bridgehead atoms. The monoisotopic (exact) mass is 318 g/mol. The maximum absolute atomic E-state index is 12.1. The number of amides is 1. The summed E-state index contributed by atoms with van der Waals surface area (Å²) < 4.78 is 5.09. The minimum atomic E-state index is -1.06. The Morgan fingerprint density at radius 3 is 2.43 bits per heavy atom. The van der Waals surface area contributed by atoms with Gasteiger partial charge in [-0.1, -0.05) is 19.9 Å². The summed E-state index contributed by atoms with van der Waals surface area (Å²) in [7, 11) is 0. The average molecular weight is 318 g/mol. The van der Waals surface area contributed by atoms with Crippen LogP contribution in [0.1, 0.15) is 43.6 Å². The smallest absolute Gasteiger partial charge is 0.339 e. The number of ether oxygens (including phenoxy) is 1. The zero-order chi connectivity index (χ0) is 17.8. The highest BCUT2D eigenvalue weighted by Gasteiger charge is 2.32. The lowest BCUT2D eigenvalue weighted by atomic mass is 9.90. The SMILES string of the molecule is Cc1ccc(C(=O)OC(C)C(=O)NC(C)(C#N)C(C)C)cc1O. The summed E-state index contributed by atoms with van der Waals surface area (Å²) in [5.41, 5.74) is -0.256. The Bertz CT molecular complexity index is 648. The second kappa shape index (κ2) is 7.14. The first-order valence-corrected chi connectivity index (χ1v) is 7.34. The minimum absolute atomic E-state index is 0.0200. The molecule has 0 aliphatic rings. The van der Waals surface area contributed by atoms with Crippen LogP contribution in [0.15, 0.2) is 18.2 Å². The van der Waals surface area contributed by atoms with Gasteiger partial charge in [0.15, 0.2) is 6.10 Å². The molecule has 1 aromatic rings. The number of hydrogen-bond acceptors (Lipinski definition) is 5. The zero-order valence-electron chi connectivity index (χ0n) is 14.0. The van der Waals surface area contributed by atoms with Crippen LogP contribution in [-0.2, 0) is 9.53 Å². The van der Waals surface area contributed by atoms with Crippen molar-refractivity contribution in [1.29, 1.82) is 5.26 Å².